The largest absolute Gasteiger partial charge is 0.497 e. The van der Waals surface area contributed by atoms with E-state index in [1.54, 1.807) is 31.2 Å². The van der Waals surface area contributed by atoms with Crippen LogP contribution in [0.4, 0.5) is 0 Å². The fourth-order valence-corrected chi connectivity index (χ4v) is 2.61. The quantitative estimate of drug-likeness (QED) is 0.883. The monoisotopic (exact) mass is 333 g/mol. The lowest BCUT2D eigenvalue weighted by Gasteiger charge is -2.27. The van der Waals surface area contributed by atoms with Gasteiger partial charge in [-0.1, -0.05) is 35.9 Å². The van der Waals surface area contributed by atoms with Crippen LogP contribution < -0.4 is 4.74 Å². The van der Waals surface area contributed by atoms with Crippen molar-refractivity contribution in [2.75, 3.05) is 20.8 Å². The third-order valence-electron chi connectivity index (χ3n) is 3.78. The third kappa shape index (κ3) is 4.47. The molecule has 0 aromatic heterocycles. The Bertz CT molecular complexity index is 658. The number of hydrogen-bond donors (Lipinski definition) is 1. The zero-order valence-corrected chi connectivity index (χ0v) is 14.0. The van der Waals surface area contributed by atoms with Crippen LogP contribution in [-0.4, -0.2) is 36.7 Å². The van der Waals surface area contributed by atoms with Crippen LogP contribution in [0.5, 0.6) is 5.75 Å². The molecule has 2 rings (SSSR count). The second kappa shape index (κ2) is 7.99. The minimum atomic E-state index is -0.396. The number of halogens is 1. The number of likely N-dealkylation sites (N-methyl/N-ethyl adjacent to an activating group) is 1. The zero-order chi connectivity index (χ0) is 16.8. The highest BCUT2D eigenvalue weighted by atomic mass is 35.5. The summed E-state index contributed by atoms with van der Waals surface area (Å²) in [6, 6.07) is 14.2. The van der Waals surface area contributed by atoms with E-state index in [1.165, 1.54) is 0 Å². The number of aliphatic hydroxyl groups excluding tert-OH is 1. The molecule has 0 aliphatic heterocycles. The van der Waals surface area contributed by atoms with Crippen molar-refractivity contribution >= 4 is 17.5 Å². The molecule has 0 aliphatic rings. The molecule has 1 N–H and O–H groups in total. The maximum Gasteiger partial charge on any atom is 0.227 e. The van der Waals surface area contributed by atoms with Crippen LogP contribution in [0.2, 0.25) is 5.02 Å². The number of rotatable bonds is 6. The molecule has 0 spiro atoms. The van der Waals surface area contributed by atoms with Crippen LogP contribution in [0.3, 0.4) is 0 Å². The van der Waals surface area contributed by atoms with Gasteiger partial charge in [0.15, 0.2) is 0 Å². The molecule has 5 heteroatoms. The number of carbonyl (C=O) groups excluding carboxylic acids is 1. The molecule has 122 valence electrons. The van der Waals surface area contributed by atoms with Crippen molar-refractivity contribution in [2.24, 2.45) is 0 Å². The summed E-state index contributed by atoms with van der Waals surface area (Å²) in [6.45, 7) is -0.149. The van der Waals surface area contributed by atoms with Crippen molar-refractivity contribution < 1.29 is 14.6 Å². The molecule has 1 amide bonds. The van der Waals surface area contributed by atoms with Gasteiger partial charge in [-0.3, -0.25) is 4.79 Å². The molecule has 0 saturated heterocycles. The number of nitrogens with zero attached hydrogens (tertiary/aromatic N) is 1. The summed E-state index contributed by atoms with van der Waals surface area (Å²) < 4.78 is 5.13. The first-order valence-corrected chi connectivity index (χ1v) is 7.68. The second-order valence-corrected chi connectivity index (χ2v) is 5.72. The van der Waals surface area contributed by atoms with Gasteiger partial charge in [0.1, 0.15) is 5.75 Å². The van der Waals surface area contributed by atoms with Gasteiger partial charge >= 0.3 is 0 Å². The Labute approximate surface area is 141 Å². The van der Waals surface area contributed by atoms with Crippen LogP contribution in [0.25, 0.3) is 0 Å². The Morgan fingerprint density at radius 3 is 2.52 bits per heavy atom. The van der Waals surface area contributed by atoms with Gasteiger partial charge in [-0.25, -0.2) is 0 Å². The maximum atomic E-state index is 12.5. The Hall–Kier alpha value is -2.04. The topological polar surface area (TPSA) is 49.8 Å². The summed E-state index contributed by atoms with van der Waals surface area (Å²) in [7, 11) is 3.29. The molecule has 1 unspecified atom stereocenters. The van der Waals surface area contributed by atoms with E-state index in [0.717, 1.165) is 16.9 Å². The Kier molecular flexibility index (Phi) is 6.02. The highest BCUT2D eigenvalue weighted by molar-refractivity contribution is 6.30. The summed E-state index contributed by atoms with van der Waals surface area (Å²) in [6.07, 6.45) is 0.240. The highest BCUT2D eigenvalue weighted by Crippen LogP contribution is 2.23. The SMILES string of the molecule is COc1ccc(C(CO)N(C)C(=O)Cc2cccc(Cl)c2)cc1. The van der Waals surface area contributed by atoms with Crippen molar-refractivity contribution in [3.63, 3.8) is 0 Å². The van der Waals surface area contributed by atoms with Crippen LogP contribution in [0.1, 0.15) is 17.2 Å². The number of methoxy groups -OCH3 is 1. The number of amides is 1. The lowest BCUT2D eigenvalue weighted by Crippen LogP contribution is -2.34. The summed E-state index contributed by atoms with van der Waals surface area (Å²) in [5.74, 6) is 0.653. The van der Waals surface area contributed by atoms with E-state index in [-0.39, 0.29) is 18.9 Å². The molecule has 0 aliphatic carbocycles. The van der Waals surface area contributed by atoms with E-state index in [0.29, 0.717) is 5.02 Å². The molecule has 0 bridgehead atoms. The molecular weight excluding hydrogens is 314 g/mol. The van der Waals surface area contributed by atoms with Gasteiger partial charge in [0, 0.05) is 12.1 Å². The van der Waals surface area contributed by atoms with Crippen molar-refractivity contribution in [1.82, 2.24) is 4.90 Å². The Morgan fingerprint density at radius 1 is 1.26 bits per heavy atom. The minimum absolute atomic E-state index is 0.0814. The van der Waals surface area contributed by atoms with Gasteiger partial charge in [0.25, 0.3) is 0 Å². The summed E-state index contributed by atoms with van der Waals surface area (Å²) in [5, 5.41) is 10.3. The smallest absolute Gasteiger partial charge is 0.227 e. The van der Waals surface area contributed by atoms with Gasteiger partial charge in [-0.05, 0) is 35.4 Å². The van der Waals surface area contributed by atoms with Gasteiger partial charge in [0.05, 0.1) is 26.2 Å². The molecule has 0 heterocycles. The first kappa shape index (κ1) is 17.3. The van der Waals surface area contributed by atoms with Crippen molar-refractivity contribution in [1.29, 1.82) is 0 Å². The van der Waals surface area contributed by atoms with E-state index in [9.17, 15) is 9.90 Å². The maximum absolute atomic E-state index is 12.5. The molecule has 23 heavy (non-hydrogen) atoms. The van der Waals surface area contributed by atoms with Gasteiger partial charge in [-0.2, -0.15) is 0 Å². The zero-order valence-electron chi connectivity index (χ0n) is 13.2. The molecule has 4 nitrogen and oxygen atoms in total. The fraction of sp³-hybridized carbons (Fsp3) is 0.278. The average Bonchev–Trinajstić information content (AvgIpc) is 2.56. The molecule has 2 aromatic rings. The molecule has 1 atom stereocenters. The predicted molar refractivity (Wildman–Crippen MR) is 90.7 cm³/mol. The van der Waals surface area contributed by atoms with E-state index >= 15 is 0 Å². The number of carbonyl (C=O) groups is 1. The van der Waals surface area contributed by atoms with E-state index in [2.05, 4.69) is 0 Å². The minimum Gasteiger partial charge on any atom is -0.497 e. The van der Waals surface area contributed by atoms with Crippen molar-refractivity contribution in [3.8, 4) is 5.75 Å². The number of benzene rings is 2. The van der Waals surface area contributed by atoms with Crippen LogP contribution in [0.15, 0.2) is 48.5 Å². The first-order chi connectivity index (χ1) is 11.0. The fourth-order valence-electron chi connectivity index (χ4n) is 2.40. The molecule has 2 aromatic carbocycles. The van der Waals surface area contributed by atoms with Crippen LogP contribution in [-0.2, 0) is 11.2 Å². The summed E-state index contributed by atoms with van der Waals surface area (Å²) >= 11 is 5.95. The molecular formula is C18H20ClNO3. The molecule has 0 radical (unpaired) electrons. The van der Waals surface area contributed by atoms with Crippen LogP contribution >= 0.6 is 11.6 Å². The Balaban J connectivity index is 2.11. The summed E-state index contributed by atoms with van der Waals surface area (Å²) in [4.78, 5) is 14.0. The van der Waals surface area contributed by atoms with Gasteiger partial charge in [0.2, 0.25) is 5.91 Å². The van der Waals surface area contributed by atoms with E-state index in [1.807, 2.05) is 36.4 Å². The molecule has 0 saturated carbocycles. The number of aliphatic hydroxyl groups is 1. The van der Waals surface area contributed by atoms with Crippen molar-refractivity contribution in [3.05, 3.63) is 64.7 Å². The second-order valence-electron chi connectivity index (χ2n) is 5.28. The van der Waals surface area contributed by atoms with Crippen LogP contribution in [0, 0.1) is 0 Å². The first-order valence-electron chi connectivity index (χ1n) is 7.30. The number of hydrogen-bond acceptors (Lipinski definition) is 3. The standard InChI is InChI=1S/C18H20ClNO3/c1-20(18(22)11-13-4-3-5-15(19)10-13)17(12-21)14-6-8-16(23-2)9-7-14/h3-10,17,21H,11-12H2,1-2H3. The average molecular weight is 334 g/mol. The van der Waals surface area contributed by atoms with E-state index in [4.69, 9.17) is 16.3 Å². The highest BCUT2D eigenvalue weighted by Gasteiger charge is 2.21. The van der Waals surface area contributed by atoms with E-state index < -0.39 is 6.04 Å². The molecule has 0 fully saturated rings. The van der Waals surface area contributed by atoms with Crippen molar-refractivity contribution in [2.45, 2.75) is 12.5 Å². The van der Waals surface area contributed by atoms with Gasteiger partial charge in [-0.15, -0.1) is 0 Å². The third-order valence-corrected chi connectivity index (χ3v) is 4.01. The lowest BCUT2D eigenvalue weighted by atomic mass is 10.0. The summed E-state index contributed by atoms with van der Waals surface area (Å²) in [5.41, 5.74) is 1.70. The predicted octanol–water partition coefficient (Wildman–Crippen LogP) is 3.08. The Morgan fingerprint density at radius 2 is 1.96 bits per heavy atom. The van der Waals surface area contributed by atoms with Gasteiger partial charge < -0.3 is 14.7 Å². The normalized spacial score (nSPS) is 11.8. The number of ether oxygens (including phenoxy) is 1. The lowest BCUT2D eigenvalue weighted by molar-refractivity contribution is -0.132.